The summed E-state index contributed by atoms with van der Waals surface area (Å²) in [7, 11) is 0. The van der Waals surface area contributed by atoms with Gasteiger partial charge in [0.05, 0.1) is 0 Å². The molecule has 2 aliphatic carbocycles. The van der Waals surface area contributed by atoms with Crippen molar-refractivity contribution >= 4 is 12.2 Å². The van der Waals surface area contributed by atoms with Crippen LogP contribution in [0.4, 0.5) is 0 Å². The van der Waals surface area contributed by atoms with Crippen LogP contribution in [0.25, 0.3) is 12.2 Å². The van der Waals surface area contributed by atoms with E-state index in [0.717, 1.165) is 12.8 Å². The van der Waals surface area contributed by atoms with Gasteiger partial charge in [0.2, 0.25) is 0 Å². The first kappa shape index (κ1) is 23.8. The first-order chi connectivity index (χ1) is 10.8. The van der Waals surface area contributed by atoms with Crippen molar-refractivity contribution in [3.05, 3.63) is 97.8 Å². The van der Waals surface area contributed by atoms with Crippen molar-refractivity contribution in [3.8, 4) is 0 Å². The molecule has 0 heterocycles. The Labute approximate surface area is 173 Å². The molecular weight excluding hydrogens is 467 g/mol. The minimum Gasteiger partial charge on any atom is -0.358 e. The van der Waals surface area contributed by atoms with Gasteiger partial charge in [0.25, 0.3) is 0 Å². The molecule has 0 saturated heterocycles. The Hall–Kier alpha value is -1.21. The topological polar surface area (TPSA) is 0 Å². The molecule has 0 spiro atoms. The van der Waals surface area contributed by atoms with E-state index in [1.807, 2.05) is 0 Å². The number of allylic oxidation sites excluding steroid dienone is 2. The normalized spacial score (nSPS) is 17.8. The first-order valence-electron chi connectivity index (χ1n) is 8.19. The summed E-state index contributed by atoms with van der Waals surface area (Å²) in [4.78, 5) is 0. The molecule has 0 amide bonds. The molecule has 2 aliphatic rings. The molecule has 0 fully saturated rings. The van der Waals surface area contributed by atoms with Crippen LogP contribution in [0.2, 0.25) is 0 Å². The summed E-state index contributed by atoms with van der Waals surface area (Å²) in [5, 5.41) is 0. The summed E-state index contributed by atoms with van der Waals surface area (Å²) < 4.78 is 0. The van der Waals surface area contributed by atoms with Crippen LogP contribution < -0.4 is 0 Å². The maximum Gasteiger partial charge on any atom is 4.00 e. The second kappa shape index (κ2) is 11.4. The molecule has 2 atom stereocenters. The van der Waals surface area contributed by atoms with Crippen LogP contribution in [0.15, 0.2) is 48.5 Å². The summed E-state index contributed by atoms with van der Waals surface area (Å²) >= 11 is 0. The summed E-state index contributed by atoms with van der Waals surface area (Å²) in [6.07, 6.45) is 13.2. The van der Waals surface area contributed by atoms with Crippen LogP contribution >= 0.6 is 0 Å². The largest absolute Gasteiger partial charge is 4.00 e. The maximum absolute atomic E-state index is 3.35. The Morgan fingerprint density at radius 3 is 1.40 bits per heavy atom. The second-order valence-electron chi connectivity index (χ2n) is 5.80. The number of rotatable bonds is 2. The molecule has 2 unspecified atom stereocenters. The van der Waals surface area contributed by atoms with Gasteiger partial charge in [0.1, 0.15) is 0 Å². The minimum absolute atomic E-state index is 0. The van der Waals surface area contributed by atoms with Crippen molar-refractivity contribution in [1.82, 2.24) is 0 Å². The van der Waals surface area contributed by atoms with Crippen LogP contribution in [0.5, 0.6) is 0 Å². The fourth-order valence-electron chi connectivity index (χ4n) is 3.16. The number of fused-ring (bicyclic) bond motifs is 2. The van der Waals surface area contributed by atoms with Crippen LogP contribution in [0, 0.1) is 27.0 Å². The summed E-state index contributed by atoms with van der Waals surface area (Å²) in [5.74, 6) is 1.09. The van der Waals surface area contributed by atoms with Crippen molar-refractivity contribution in [1.29, 1.82) is 0 Å². The number of hydrogen-bond acceptors (Lipinski definition) is 0. The fraction of sp³-hybridized carbons (Fsp3) is 0.250. The summed E-state index contributed by atoms with van der Waals surface area (Å²) in [5.41, 5.74) is 5.57. The molecule has 2 aromatic rings. The molecule has 0 aliphatic heterocycles. The van der Waals surface area contributed by atoms with E-state index < -0.39 is 0 Å². The molecule has 128 valence electrons. The average Bonchev–Trinajstić information content (AvgIpc) is 3.19. The third-order valence-electron chi connectivity index (χ3n) is 4.44. The Balaban J connectivity index is 0.000000411. The first-order valence-corrected chi connectivity index (χ1v) is 8.19. The minimum atomic E-state index is 0. The van der Waals surface area contributed by atoms with Crippen molar-refractivity contribution in [3.63, 3.8) is 0 Å². The Kier molecular flexibility index (Phi) is 10.9. The fourth-order valence-corrected chi connectivity index (χ4v) is 3.16. The molecular formula is C24H28Hf. The summed E-state index contributed by atoms with van der Waals surface area (Å²) in [6, 6.07) is 17.0. The van der Waals surface area contributed by atoms with Gasteiger partial charge < -0.3 is 14.9 Å². The van der Waals surface area contributed by atoms with E-state index in [4.69, 9.17) is 0 Å². The van der Waals surface area contributed by atoms with E-state index in [-0.39, 0.29) is 40.7 Å². The van der Waals surface area contributed by atoms with Gasteiger partial charge in [0.15, 0.2) is 0 Å². The van der Waals surface area contributed by atoms with Crippen LogP contribution in [0.3, 0.4) is 0 Å². The SMILES string of the molecule is CCC1[C-]=Cc2ccccc21.CCC1[C-]=Cc2ccccc21.[CH3-].[CH3-].[Hf+4]. The van der Waals surface area contributed by atoms with E-state index in [0.29, 0.717) is 11.8 Å². The predicted octanol–water partition coefficient (Wildman–Crippen LogP) is 6.92. The van der Waals surface area contributed by atoms with E-state index in [2.05, 4.69) is 86.7 Å². The Morgan fingerprint density at radius 2 is 1.04 bits per heavy atom. The van der Waals surface area contributed by atoms with Gasteiger partial charge in [-0.1, -0.05) is 74.9 Å². The van der Waals surface area contributed by atoms with Gasteiger partial charge in [0, 0.05) is 0 Å². The van der Waals surface area contributed by atoms with Gasteiger partial charge in [-0.05, 0) is 0 Å². The van der Waals surface area contributed by atoms with Crippen molar-refractivity contribution in [2.24, 2.45) is 0 Å². The zero-order valence-electron chi connectivity index (χ0n) is 15.8. The molecule has 0 radical (unpaired) electrons. The molecule has 4 rings (SSSR count). The summed E-state index contributed by atoms with van der Waals surface area (Å²) in [6.45, 7) is 4.40. The van der Waals surface area contributed by atoms with E-state index >= 15 is 0 Å². The monoisotopic (exact) mass is 496 g/mol. The molecule has 25 heavy (non-hydrogen) atoms. The predicted molar refractivity (Wildman–Crippen MR) is 107 cm³/mol. The molecule has 0 bridgehead atoms. The third-order valence-corrected chi connectivity index (χ3v) is 4.44. The molecule has 0 saturated carbocycles. The maximum atomic E-state index is 3.35. The number of benzene rings is 2. The zero-order chi connectivity index (χ0) is 15.4. The molecule has 0 nitrogen and oxygen atoms in total. The smallest absolute Gasteiger partial charge is 0.358 e. The number of hydrogen-bond donors (Lipinski definition) is 0. The van der Waals surface area contributed by atoms with E-state index in [1.54, 1.807) is 0 Å². The Bertz CT molecular complexity index is 635. The third kappa shape index (κ3) is 5.38. The standard InChI is InChI=1S/2C11H11.2CH3.Hf/c2*1-2-9-7-8-10-5-3-4-6-11(9)10;;;/h2*3-6,8-9H,2H2,1H3;2*1H3;/q4*-1;+4. The van der Waals surface area contributed by atoms with Gasteiger partial charge in [-0.3, -0.25) is 12.2 Å². The van der Waals surface area contributed by atoms with Gasteiger partial charge in [-0.25, -0.2) is 12.2 Å². The molecule has 1 heteroatoms. The van der Waals surface area contributed by atoms with Crippen molar-refractivity contribution in [2.75, 3.05) is 0 Å². The van der Waals surface area contributed by atoms with Gasteiger partial charge in [-0.15, -0.1) is 23.3 Å². The molecule has 0 aromatic heterocycles. The van der Waals surface area contributed by atoms with Crippen LogP contribution in [-0.4, -0.2) is 0 Å². The zero-order valence-corrected chi connectivity index (χ0v) is 19.4. The quantitative estimate of drug-likeness (QED) is 0.314. The molecule has 2 aromatic carbocycles. The Morgan fingerprint density at radius 1 is 0.680 bits per heavy atom. The average molecular weight is 495 g/mol. The van der Waals surface area contributed by atoms with Gasteiger partial charge >= 0.3 is 25.8 Å². The van der Waals surface area contributed by atoms with Crippen LogP contribution in [-0.2, 0) is 25.8 Å². The van der Waals surface area contributed by atoms with Crippen LogP contribution in [0.1, 0.15) is 60.8 Å². The van der Waals surface area contributed by atoms with E-state index in [9.17, 15) is 0 Å². The molecule has 0 N–H and O–H groups in total. The van der Waals surface area contributed by atoms with Gasteiger partial charge in [-0.2, -0.15) is 11.1 Å². The van der Waals surface area contributed by atoms with Crippen molar-refractivity contribution in [2.45, 2.75) is 38.5 Å². The second-order valence-corrected chi connectivity index (χ2v) is 5.80. The van der Waals surface area contributed by atoms with E-state index in [1.165, 1.54) is 22.3 Å². The van der Waals surface area contributed by atoms with Crippen molar-refractivity contribution < 1.29 is 25.8 Å².